The van der Waals surface area contributed by atoms with E-state index in [2.05, 4.69) is 25.9 Å². The highest BCUT2D eigenvalue weighted by Crippen LogP contribution is 2.32. The summed E-state index contributed by atoms with van der Waals surface area (Å²) >= 11 is 11.2. The van der Waals surface area contributed by atoms with Crippen LogP contribution in [0.3, 0.4) is 0 Å². The van der Waals surface area contributed by atoms with Gasteiger partial charge in [0.05, 0.1) is 22.5 Å². The van der Waals surface area contributed by atoms with Crippen LogP contribution in [0.5, 0.6) is 0 Å². The Morgan fingerprint density at radius 3 is 2.76 bits per heavy atom. The lowest BCUT2D eigenvalue weighted by molar-refractivity contribution is -0.114. The van der Waals surface area contributed by atoms with Crippen LogP contribution in [-0.2, 0) is 11.3 Å². The quantitative estimate of drug-likeness (QED) is 0.310. The number of anilines is 1. The van der Waals surface area contributed by atoms with Gasteiger partial charge in [-0.15, -0.1) is 0 Å². The van der Waals surface area contributed by atoms with Crippen LogP contribution in [-0.4, -0.2) is 15.9 Å². The van der Waals surface area contributed by atoms with Crippen molar-refractivity contribution in [2.75, 3.05) is 4.90 Å². The van der Waals surface area contributed by atoms with Crippen LogP contribution in [0.1, 0.15) is 11.3 Å². The fraction of sp³-hybridized carbons (Fsp3) is 0.0455. The molecule has 0 aliphatic heterocycles. The molecule has 0 aliphatic rings. The Morgan fingerprint density at radius 2 is 1.97 bits per heavy atom. The number of pyridine rings is 1. The molecule has 0 bridgehead atoms. The number of fused-ring (bicyclic) bond motifs is 1. The van der Waals surface area contributed by atoms with Gasteiger partial charge in [0.25, 0.3) is 5.91 Å². The van der Waals surface area contributed by atoms with E-state index >= 15 is 0 Å². The molecule has 0 saturated heterocycles. The second-order valence-electron chi connectivity index (χ2n) is 6.21. The van der Waals surface area contributed by atoms with Crippen LogP contribution in [0, 0.1) is 0 Å². The van der Waals surface area contributed by atoms with Crippen molar-refractivity contribution in [3.05, 3.63) is 93.7 Å². The molecular formula is C22H15BrClN3OS. The van der Waals surface area contributed by atoms with Crippen molar-refractivity contribution in [2.45, 2.75) is 6.54 Å². The lowest BCUT2D eigenvalue weighted by atomic mass is 10.2. The summed E-state index contributed by atoms with van der Waals surface area (Å²) in [5.74, 6) is -0.186. The first-order valence-electron chi connectivity index (χ1n) is 8.80. The molecule has 2 heterocycles. The number of hydrogen-bond acceptors (Lipinski definition) is 4. The molecule has 4 rings (SSSR count). The van der Waals surface area contributed by atoms with E-state index in [1.807, 2.05) is 54.6 Å². The first-order chi connectivity index (χ1) is 14.1. The van der Waals surface area contributed by atoms with Gasteiger partial charge in [0.1, 0.15) is 0 Å². The third-order valence-electron chi connectivity index (χ3n) is 4.19. The standard InChI is InChI=1S/C22H15BrClN3OS/c23-16-9-10-19-20(13-16)29-22(26-19)27(14-17-6-3-4-12-25-17)21(28)11-8-15-5-1-2-7-18(15)24/h1-13H,14H2/b11-8+. The molecule has 7 heteroatoms. The lowest BCUT2D eigenvalue weighted by Crippen LogP contribution is -2.29. The van der Waals surface area contributed by atoms with Gasteiger partial charge in [-0.05, 0) is 48.0 Å². The maximum Gasteiger partial charge on any atom is 0.253 e. The van der Waals surface area contributed by atoms with E-state index in [-0.39, 0.29) is 5.91 Å². The molecule has 0 fully saturated rings. The molecule has 0 saturated carbocycles. The van der Waals surface area contributed by atoms with Gasteiger partial charge in [-0.3, -0.25) is 14.7 Å². The smallest absolute Gasteiger partial charge is 0.253 e. The van der Waals surface area contributed by atoms with E-state index in [4.69, 9.17) is 11.6 Å². The molecule has 1 amide bonds. The molecule has 29 heavy (non-hydrogen) atoms. The molecule has 0 N–H and O–H groups in total. The van der Waals surface area contributed by atoms with Gasteiger partial charge in [-0.1, -0.05) is 63.1 Å². The predicted molar refractivity (Wildman–Crippen MR) is 123 cm³/mol. The minimum absolute atomic E-state index is 0.186. The molecule has 0 radical (unpaired) electrons. The monoisotopic (exact) mass is 483 g/mol. The molecule has 0 spiro atoms. The zero-order chi connectivity index (χ0) is 20.2. The Labute approximate surface area is 185 Å². The highest BCUT2D eigenvalue weighted by molar-refractivity contribution is 9.10. The number of hydrogen-bond donors (Lipinski definition) is 0. The highest BCUT2D eigenvalue weighted by atomic mass is 79.9. The van der Waals surface area contributed by atoms with E-state index in [0.29, 0.717) is 16.7 Å². The van der Waals surface area contributed by atoms with Gasteiger partial charge in [0, 0.05) is 21.8 Å². The van der Waals surface area contributed by atoms with Crippen molar-refractivity contribution in [1.29, 1.82) is 0 Å². The maximum atomic E-state index is 13.1. The topological polar surface area (TPSA) is 46.1 Å². The van der Waals surface area contributed by atoms with Gasteiger partial charge in [-0.2, -0.15) is 0 Å². The van der Waals surface area contributed by atoms with Gasteiger partial charge < -0.3 is 0 Å². The zero-order valence-corrected chi connectivity index (χ0v) is 18.3. The van der Waals surface area contributed by atoms with Gasteiger partial charge in [0.2, 0.25) is 0 Å². The number of amides is 1. The molecule has 2 aromatic heterocycles. The van der Waals surface area contributed by atoms with E-state index in [9.17, 15) is 4.79 Å². The molecule has 4 nitrogen and oxygen atoms in total. The first kappa shape index (κ1) is 19.8. The summed E-state index contributed by atoms with van der Waals surface area (Å²) in [7, 11) is 0. The zero-order valence-electron chi connectivity index (χ0n) is 15.1. The Bertz CT molecular complexity index is 1190. The average Bonchev–Trinajstić information content (AvgIpc) is 3.14. The number of aromatic nitrogens is 2. The van der Waals surface area contributed by atoms with E-state index < -0.39 is 0 Å². The van der Waals surface area contributed by atoms with E-state index in [1.54, 1.807) is 23.2 Å². The summed E-state index contributed by atoms with van der Waals surface area (Å²) in [5, 5.41) is 1.22. The van der Waals surface area contributed by atoms with Crippen molar-refractivity contribution < 1.29 is 4.79 Å². The maximum absolute atomic E-state index is 13.1. The number of nitrogens with zero attached hydrogens (tertiary/aromatic N) is 3. The Balaban J connectivity index is 1.69. The first-order valence-corrected chi connectivity index (χ1v) is 10.8. The SMILES string of the molecule is O=C(/C=C/c1ccccc1Cl)N(Cc1ccccn1)c1nc2ccc(Br)cc2s1. The average molecular weight is 485 g/mol. The molecule has 4 aromatic rings. The number of carbonyl (C=O) groups is 1. The van der Waals surface area contributed by atoms with Crippen molar-refractivity contribution in [3.8, 4) is 0 Å². The second-order valence-corrected chi connectivity index (χ2v) is 8.54. The number of carbonyl (C=O) groups excluding carboxylic acids is 1. The van der Waals surface area contributed by atoms with Crippen LogP contribution in [0.25, 0.3) is 16.3 Å². The number of halogens is 2. The van der Waals surface area contributed by atoms with Gasteiger partial charge in [0.15, 0.2) is 5.13 Å². The Morgan fingerprint density at radius 1 is 1.14 bits per heavy atom. The molecule has 0 unspecified atom stereocenters. The molecule has 144 valence electrons. The summed E-state index contributed by atoms with van der Waals surface area (Å²) in [5.41, 5.74) is 2.42. The summed E-state index contributed by atoms with van der Waals surface area (Å²) in [6, 6.07) is 18.9. The third-order valence-corrected chi connectivity index (χ3v) is 6.07. The van der Waals surface area contributed by atoms with Gasteiger partial charge >= 0.3 is 0 Å². The van der Waals surface area contributed by atoms with Crippen molar-refractivity contribution in [1.82, 2.24) is 9.97 Å². The van der Waals surface area contributed by atoms with Gasteiger partial charge in [-0.25, -0.2) is 4.98 Å². The summed E-state index contributed by atoms with van der Waals surface area (Å²) in [6.45, 7) is 0.327. The summed E-state index contributed by atoms with van der Waals surface area (Å²) in [4.78, 5) is 23.8. The number of benzene rings is 2. The van der Waals surface area contributed by atoms with Crippen LogP contribution in [0.4, 0.5) is 5.13 Å². The molecule has 2 aromatic carbocycles. The largest absolute Gasteiger partial charge is 0.278 e. The van der Waals surface area contributed by atoms with Crippen molar-refractivity contribution in [2.24, 2.45) is 0 Å². The fourth-order valence-electron chi connectivity index (χ4n) is 2.76. The van der Waals surface area contributed by atoms with Crippen molar-refractivity contribution >= 4 is 66.2 Å². The number of rotatable bonds is 5. The fourth-order valence-corrected chi connectivity index (χ4v) is 4.48. The van der Waals surface area contributed by atoms with Crippen LogP contribution in [0.15, 0.2) is 77.4 Å². The van der Waals surface area contributed by atoms with Crippen LogP contribution >= 0.6 is 38.9 Å². The second kappa shape index (κ2) is 8.86. The third kappa shape index (κ3) is 4.72. The summed E-state index contributed by atoms with van der Waals surface area (Å²) < 4.78 is 1.98. The Kier molecular flexibility index (Phi) is 6.04. The minimum atomic E-state index is -0.186. The highest BCUT2D eigenvalue weighted by Gasteiger charge is 2.19. The normalized spacial score (nSPS) is 11.2. The summed E-state index contributed by atoms with van der Waals surface area (Å²) in [6.07, 6.45) is 4.96. The lowest BCUT2D eigenvalue weighted by Gasteiger charge is -2.17. The van der Waals surface area contributed by atoms with E-state index in [0.717, 1.165) is 25.9 Å². The predicted octanol–water partition coefficient (Wildman–Crippen LogP) is 6.35. The minimum Gasteiger partial charge on any atom is -0.278 e. The molecule has 0 aliphatic carbocycles. The molecule has 0 atom stereocenters. The Hall–Kier alpha value is -2.54. The number of thiazole rings is 1. The van der Waals surface area contributed by atoms with Crippen LogP contribution in [0.2, 0.25) is 5.02 Å². The van der Waals surface area contributed by atoms with Crippen molar-refractivity contribution in [3.63, 3.8) is 0 Å². The van der Waals surface area contributed by atoms with E-state index in [1.165, 1.54) is 17.4 Å². The molecular weight excluding hydrogens is 470 g/mol. The van der Waals surface area contributed by atoms with Crippen LogP contribution < -0.4 is 4.90 Å².